The molecule has 0 radical (unpaired) electrons. The Balaban J connectivity index is 2.11. The molecule has 3 aromatic carbocycles. The molecule has 0 aliphatic carbocycles. The molecule has 184 valence electrons. The molecule has 0 unspecified atom stereocenters. The van der Waals surface area contributed by atoms with E-state index in [2.05, 4.69) is 112 Å². The normalized spacial score (nSPS) is 11.6. The summed E-state index contributed by atoms with van der Waals surface area (Å²) >= 11 is 0. The summed E-state index contributed by atoms with van der Waals surface area (Å²) in [6.07, 6.45) is 7.54. The Labute approximate surface area is 215 Å². The average molecular weight is 499 g/mol. The minimum Gasteiger partial charge on any atom is -0.492 e. The van der Waals surface area contributed by atoms with Gasteiger partial charge in [0, 0.05) is 32.7 Å². The van der Waals surface area contributed by atoms with Gasteiger partial charge < -0.3 is 4.74 Å². The largest absolute Gasteiger partial charge is 0.492 e. The first kappa shape index (κ1) is 27.1. The lowest BCUT2D eigenvalue weighted by Crippen LogP contribution is -2.16. The first-order valence-electron chi connectivity index (χ1n) is 13.3. The quantitative estimate of drug-likeness (QED) is 0.130. The van der Waals surface area contributed by atoms with E-state index in [0.29, 0.717) is 0 Å². The van der Waals surface area contributed by atoms with Crippen LogP contribution in [0, 0.1) is 22.9 Å². The van der Waals surface area contributed by atoms with Crippen LogP contribution in [0.3, 0.4) is 0 Å². The van der Waals surface area contributed by atoms with E-state index < -0.39 is 16.1 Å². The second-order valence-electron chi connectivity index (χ2n) is 11.6. The van der Waals surface area contributed by atoms with Gasteiger partial charge in [-0.15, -0.1) is 11.1 Å². The van der Waals surface area contributed by atoms with Crippen LogP contribution in [-0.2, 0) is 0 Å². The SMILES string of the molecule is CCCCCCCCOc1c2cccc(C#C[Si](C)(C)C)c2cc2c(C#C[Si](C)(C)C)cccc12. The van der Waals surface area contributed by atoms with Gasteiger partial charge in [0.05, 0.1) is 6.61 Å². The molecule has 0 N–H and O–H groups in total. The third-order valence-electron chi connectivity index (χ3n) is 5.88. The maximum absolute atomic E-state index is 6.56. The molecule has 0 saturated carbocycles. The van der Waals surface area contributed by atoms with E-state index in [-0.39, 0.29) is 0 Å². The van der Waals surface area contributed by atoms with Crippen LogP contribution in [0.2, 0.25) is 39.3 Å². The minimum atomic E-state index is -1.49. The molecule has 35 heavy (non-hydrogen) atoms. The zero-order chi connectivity index (χ0) is 25.5. The third kappa shape index (κ3) is 8.03. The van der Waals surface area contributed by atoms with Crippen LogP contribution in [-0.4, -0.2) is 22.8 Å². The molecule has 0 aliphatic heterocycles. The Morgan fingerprint density at radius 1 is 0.629 bits per heavy atom. The predicted molar refractivity (Wildman–Crippen MR) is 161 cm³/mol. The van der Waals surface area contributed by atoms with E-state index in [1.807, 2.05) is 0 Å². The number of hydrogen-bond donors (Lipinski definition) is 0. The van der Waals surface area contributed by atoms with Crippen LogP contribution in [0.1, 0.15) is 56.6 Å². The van der Waals surface area contributed by atoms with Crippen molar-refractivity contribution < 1.29 is 4.74 Å². The highest BCUT2D eigenvalue weighted by atomic mass is 28.3. The zero-order valence-corrected chi connectivity index (χ0v) is 24.9. The van der Waals surface area contributed by atoms with Gasteiger partial charge in [0.1, 0.15) is 21.9 Å². The average Bonchev–Trinajstić information content (AvgIpc) is 2.79. The Morgan fingerprint density at radius 2 is 1.11 bits per heavy atom. The van der Waals surface area contributed by atoms with Crippen molar-refractivity contribution in [3.05, 3.63) is 53.6 Å². The zero-order valence-electron chi connectivity index (χ0n) is 22.9. The molecule has 0 fully saturated rings. The highest BCUT2D eigenvalue weighted by Crippen LogP contribution is 2.37. The van der Waals surface area contributed by atoms with Gasteiger partial charge in [0.25, 0.3) is 0 Å². The summed E-state index contributed by atoms with van der Waals surface area (Å²) in [5.41, 5.74) is 9.29. The molecule has 0 saturated heterocycles. The van der Waals surface area contributed by atoms with Crippen LogP contribution in [0.15, 0.2) is 42.5 Å². The van der Waals surface area contributed by atoms with Gasteiger partial charge in [-0.3, -0.25) is 0 Å². The molecule has 0 heterocycles. The third-order valence-corrected chi connectivity index (χ3v) is 7.63. The van der Waals surface area contributed by atoms with Gasteiger partial charge >= 0.3 is 0 Å². The van der Waals surface area contributed by atoms with E-state index in [1.54, 1.807) is 0 Å². The molecule has 0 amide bonds. The van der Waals surface area contributed by atoms with Crippen molar-refractivity contribution in [3.63, 3.8) is 0 Å². The van der Waals surface area contributed by atoms with Gasteiger partial charge in [-0.1, -0.05) is 114 Å². The second kappa shape index (κ2) is 12.0. The maximum atomic E-state index is 6.56. The fraction of sp³-hybridized carbons (Fsp3) is 0.438. The highest BCUT2D eigenvalue weighted by molar-refractivity contribution is 6.84. The molecule has 0 aliphatic rings. The summed E-state index contributed by atoms with van der Waals surface area (Å²) in [5, 5.41) is 4.65. The maximum Gasteiger partial charge on any atom is 0.135 e. The van der Waals surface area contributed by atoms with E-state index >= 15 is 0 Å². The Kier molecular flexibility index (Phi) is 9.29. The van der Waals surface area contributed by atoms with Crippen molar-refractivity contribution in [1.29, 1.82) is 0 Å². The Morgan fingerprint density at radius 3 is 1.60 bits per heavy atom. The summed E-state index contributed by atoms with van der Waals surface area (Å²) in [7, 11) is -2.98. The lowest BCUT2D eigenvalue weighted by molar-refractivity contribution is 0.311. The molecule has 3 aromatic rings. The van der Waals surface area contributed by atoms with Crippen molar-refractivity contribution in [1.82, 2.24) is 0 Å². The second-order valence-corrected chi connectivity index (χ2v) is 21.1. The molecule has 3 heteroatoms. The Hall–Kier alpha value is -2.47. The molecular formula is C32H42OSi2. The summed E-state index contributed by atoms with van der Waals surface area (Å²) in [5.74, 6) is 8.02. The van der Waals surface area contributed by atoms with Gasteiger partial charge in [-0.05, 0) is 24.6 Å². The molecule has 1 nitrogen and oxygen atoms in total. The van der Waals surface area contributed by atoms with E-state index in [4.69, 9.17) is 4.74 Å². The lowest BCUT2D eigenvalue weighted by Gasteiger charge is -2.15. The Bertz CT molecular complexity index is 1190. The lowest BCUT2D eigenvalue weighted by atomic mass is 9.96. The van der Waals surface area contributed by atoms with Gasteiger partial charge in [0.15, 0.2) is 0 Å². The number of benzene rings is 3. The molecule has 0 spiro atoms. The standard InChI is InChI=1S/C32H42OSi2/c1-8-9-10-11-12-13-22-33-32-28-18-14-16-26(20-23-34(2,3)4)30(28)25-31-27(17-15-19-29(31)32)21-24-35(5,6)7/h14-19,25H,8-13,22H2,1-7H3. The number of fused-ring (bicyclic) bond motifs is 2. The van der Waals surface area contributed by atoms with Crippen molar-refractivity contribution in [2.75, 3.05) is 6.61 Å². The van der Waals surface area contributed by atoms with Crippen molar-refractivity contribution in [2.45, 2.75) is 84.7 Å². The summed E-state index contributed by atoms with van der Waals surface area (Å²) in [4.78, 5) is 0. The van der Waals surface area contributed by atoms with Crippen LogP contribution >= 0.6 is 0 Å². The number of unbranched alkanes of at least 4 members (excludes halogenated alkanes) is 5. The first-order valence-corrected chi connectivity index (χ1v) is 20.3. The van der Waals surface area contributed by atoms with Gasteiger partial charge in [-0.2, -0.15) is 0 Å². The fourth-order valence-electron chi connectivity index (χ4n) is 4.07. The predicted octanol–water partition coefficient (Wildman–Crippen LogP) is 9.19. The molecule has 0 bridgehead atoms. The highest BCUT2D eigenvalue weighted by Gasteiger charge is 2.15. The van der Waals surface area contributed by atoms with Crippen molar-refractivity contribution >= 4 is 37.7 Å². The number of rotatable bonds is 8. The van der Waals surface area contributed by atoms with Crippen molar-refractivity contribution in [3.8, 4) is 28.7 Å². The fourth-order valence-corrected chi connectivity index (χ4v) is 5.09. The van der Waals surface area contributed by atoms with Gasteiger partial charge in [0.2, 0.25) is 0 Å². The molecule has 0 atom stereocenters. The smallest absolute Gasteiger partial charge is 0.135 e. The summed E-state index contributed by atoms with van der Waals surface area (Å²) in [6.45, 7) is 16.8. The monoisotopic (exact) mass is 498 g/mol. The van der Waals surface area contributed by atoms with Gasteiger partial charge in [-0.25, -0.2) is 0 Å². The van der Waals surface area contributed by atoms with E-state index in [9.17, 15) is 0 Å². The van der Waals surface area contributed by atoms with Crippen molar-refractivity contribution in [2.24, 2.45) is 0 Å². The topological polar surface area (TPSA) is 9.23 Å². The molecule has 3 rings (SSSR count). The van der Waals surface area contributed by atoms with Crippen LogP contribution in [0.25, 0.3) is 21.5 Å². The summed E-state index contributed by atoms with van der Waals surface area (Å²) in [6, 6.07) is 15.2. The van der Waals surface area contributed by atoms with E-state index in [0.717, 1.165) is 40.7 Å². The molecule has 0 aromatic heterocycles. The first-order chi connectivity index (χ1) is 16.6. The number of hydrogen-bond acceptors (Lipinski definition) is 1. The summed E-state index contributed by atoms with van der Waals surface area (Å²) < 4.78 is 6.56. The van der Waals surface area contributed by atoms with E-state index in [1.165, 1.54) is 42.9 Å². The number of ether oxygens (including phenoxy) is 1. The molecular weight excluding hydrogens is 457 g/mol. The van der Waals surface area contributed by atoms with Crippen LogP contribution in [0.4, 0.5) is 0 Å². The minimum absolute atomic E-state index is 0.746. The van der Waals surface area contributed by atoms with Crippen LogP contribution < -0.4 is 4.74 Å². The van der Waals surface area contributed by atoms with Crippen LogP contribution in [0.5, 0.6) is 5.75 Å².